The van der Waals surface area contributed by atoms with Gasteiger partial charge in [-0.1, -0.05) is 12.6 Å². The highest BCUT2D eigenvalue weighted by Gasteiger charge is 2.33. The third-order valence-electron chi connectivity index (χ3n) is 5.90. The normalized spacial score (nSPS) is 19.5. The second-order valence-corrected chi connectivity index (χ2v) is 7.93. The van der Waals surface area contributed by atoms with Crippen LogP contribution in [0.2, 0.25) is 0 Å². The Balaban J connectivity index is 1.52. The van der Waals surface area contributed by atoms with E-state index in [1.807, 2.05) is 9.80 Å². The van der Waals surface area contributed by atoms with Gasteiger partial charge in [0.1, 0.15) is 23.1 Å². The first-order chi connectivity index (χ1) is 14.3. The molecular formula is C21H26FN5O3. The lowest BCUT2D eigenvalue weighted by molar-refractivity contribution is -0.0549. The molecule has 9 heteroatoms. The number of fused-ring (bicyclic) bond motifs is 1. The molecule has 2 aliphatic rings. The van der Waals surface area contributed by atoms with Crippen LogP contribution in [0.5, 0.6) is 11.8 Å². The quantitative estimate of drug-likeness (QED) is 0.634. The number of halogens is 1. The predicted octanol–water partition coefficient (Wildman–Crippen LogP) is 1.56. The van der Waals surface area contributed by atoms with Crippen molar-refractivity contribution < 1.29 is 19.7 Å². The van der Waals surface area contributed by atoms with Crippen molar-refractivity contribution in [3.63, 3.8) is 0 Å². The third kappa shape index (κ3) is 3.83. The second kappa shape index (κ2) is 7.82. The van der Waals surface area contributed by atoms with Crippen molar-refractivity contribution in [2.45, 2.75) is 32.3 Å². The van der Waals surface area contributed by atoms with Crippen molar-refractivity contribution in [2.24, 2.45) is 0 Å². The topological polar surface area (TPSA) is 96.2 Å². The summed E-state index contributed by atoms with van der Waals surface area (Å²) in [6.45, 7) is 9.03. The van der Waals surface area contributed by atoms with Gasteiger partial charge in [0.2, 0.25) is 0 Å². The third-order valence-corrected chi connectivity index (χ3v) is 5.90. The molecule has 8 nitrogen and oxygen atoms in total. The van der Waals surface area contributed by atoms with Gasteiger partial charge in [-0.05, 0) is 25.1 Å². The molecule has 0 aliphatic carbocycles. The lowest BCUT2D eigenvalue weighted by Gasteiger charge is -2.42. The predicted molar refractivity (Wildman–Crippen MR) is 109 cm³/mol. The van der Waals surface area contributed by atoms with E-state index >= 15 is 0 Å². The Kier molecular flexibility index (Phi) is 5.35. The molecular weight excluding hydrogens is 389 g/mol. The lowest BCUT2D eigenvalue weighted by Crippen LogP contribution is -2.55. The Bertz CT molecular complexity index is 940. The Morgan fingerprint density at radius 2 is 1.90 bits per heavy atom. The minimum absolute atomic E-state index is 0.0782. The molecule has 1 aromatic heterocycles. The Hall–Kier alpha value is -2.75. The Morgan fingerprint density at radius 1 is 1.17 bits per heavy atom. The summed E-state index contributed by atoms with van der Waals surface area (Å²) in [6, 6.07) is 3.97. The van der Waals surface area contributed by atoms with E-state index in [-0.39, 0.29) is 23.9 Å². The number of phenolic OH excluding ortho intramolecular Hbond substituents is 1. The summed E-state index contributed by atoms with van der Waals surface area (Å²) in [5.41, 5.74) is 0.770. The van der Waals surface area contributed by atoms with Crippen molar-refractivity contribution in [2.75, 3.05) is 31.1 Å². The fourth-order valence-corrected chi connectivity index (χ4v) is 4.09. The van der Waals surface area contributed by atoms with Gasteiger partial charge in [0.25, 0.3) is 0 Å². The monoisotopic (exact) mass is 415 g/mol. The largest absolute Gasteiger partial charge is 0.508 e. The van der Waals surface area contributed by atoms with E-state index in [4.69, 9.17) is 0 Å². The van der Waals surface area contributed by atoms with Crippen molar-refractivity contribution in [3.8, 4) is 11.8 Å². The summed E-state index contributed by atoms with van der Waals surface area (Å²) in [6.07, 6.45) is 1.52. The number of hydrogen-bond donors (Lipinski definition) is 3. The number of aromatic hydroxyl groups is 2. The van der Waals surface area contributed by atoms with E-state index in [1.54, 1.807) is 6.92 Å². The number of nitrogens with zero attached hydrogens (tertiary/aromatic N) is 5. The lowest BCUT2D eigenvalue weighted by atomic mass is 10.1. The van der Waals surface area contributed by atoms with Gasteiger partial charge in [0, 0.05) is 56.9 Å². The van der Waals surface area contributed by atoms with Crippen LogP contribution in [0.4, 0.5) is 10.2 Å². The van der Waals surface area contributed by atoms with E-state index in [1.165, 1.54) is 24.3 Å². The first-order valence-electron chi connectivity index (χ1n) is 9.92. The van der Waals surface area contributed by atoms with Gasteiger partial charge in [0.15, 0.2) is 0 Å². The minimum Gasteiger partial charge on any atom is -0.508 e. The van der Waals surface area contributed by atoms with Gasteiger partial charge < -0.3 is 20.2 Å². The molecule has 0 radical (unpaired) electrons. The first kappa shape index (κ1) is 20.5. The van der Waals surface area contributed by atoms with Crippen LogP contribution in [-0.4, -0.2) is 67.0 Å². The highest BCUT2D eigenvalue weighted by molar-refractivity contribution is 5.52. The van der Waals surface area contributed by atoms with Gasteiger partial charge in [0.05, 0.1) is 5.69 Å². The van der Waals surface area contributed by atoms with Gasteiger partial charge >= 0.3 is 6.01 Å². The van der Waals surface area contributed by atoms with E-state index in [9.17, 15) is 19.7 Å². The fourth-order valence-electron chi connectivity index (χ4n) is 4.09. The molecule has 2 aromatic rings. The number of piperazine rings is 1. The number of rotatable bonds is 5. The SMILES string of the molecule is C=CC(C)(O)N1CCN(c2nc(O)nc3c2CN(Cc2c(O)cccc2F)C3)CC1. The molecule has 1 aromatic carbocycles. The van der Waals surface area contributed by atoms with Crippen molar-refractivity contribution in [1.29, 1.82) is 0 Å². The highest BCUT2D eigenvalue weighted by atomic mass is 19.1. The number of phenols is 1. The molecule has 160 valence electrons. The molecule has 2 aliphatic heterocycles. The van der Waals surface area contributed by atoms with Gasteiger partial charge in [-0.25, -0.2) is 4.39 Å². The van der Waals surface area contributed by atoms with E-state index in [0.29, 0.717) is 50.8 Å². The molecule has 30 heavy (non-hydrogen) atoms. The van der Waals surface area contributed by atoms with E-state index in [2.05, 4.69) is 21.4 Å². The summed E-state index contributed by atoms with van der Waals surface area (Å²) in [5, 5.41) is 30.5. The van der Waals surface area contributed by atoms with Crippen LogP contribution in [0, 0.1) is 5.82 Å². The van der Waals surface area contributed by atoms with Crippen LogP contribution in [0.25, 0.3) is 0 Å². The molecule has 3 heterocycles. The Morgan fingerprint density at radius 3 is 2.57 bits per heavy atom. The van der Waals surface area contributed by atoms with Crippen LogP contribution >= 0.6 is 0 Å². The molecule has 0 amide bonds. The van der Waals surface area contributed by atoms with Crippen molar-refractivity contribution in [1.82, 2.24) is 19.8 Å². The number of benzene rings is 1. The summed E-state index contributed by atoms with van der Waals surface area (Å²) in [5.74, 6) is 0.131. The fraction of sp³-hybridized carbons (Fsp3) is 0.429. The van der Waals surface area contributed by atoms with E-state index < -0.39 is 11.5 Å². The number of aromatic nitrogens is 2. The molecule has 0 spiro atoms. The molecule has 4 rings (SSSR count). The summed E-state index contributed by atoms with van der Waals surface area (Å²) < 4.78 is 14.1. The Labute approximate surface area is 174 Å². The first-order valence-corrected chi connectivity index (χ1v) is 9.92. The molecule has 0 bridgehead atoms. The van der Waals surface area contributed by atoms with Crippen LogP contribution in [0.3, 0.4) is 0 Å². The molecule has 0 saturated carbocycles. The van der Waals surface area contributed by atoms with Gasteiger partial charge in [-0.2, -0.15) is 9.97 Å². The second-order valence-electron chi connectivity index (χ2n) is 7.93. The van der Waals surface area contributed by atoms with Crippen molar-refractivity contribution in [3.05, 3.63) is 53.5 Å². The van der Waals surface area contributed by atoms with E-state index in [0.717, 1.165) is 5.56 Å². The summed E-state index contributed by atoms with van der Waals surface area (Å²) in [4.78, 5) is 14.4. The zero-order valence-corrected chi connectivity index (χ0v) is 16.9. The molecule has 3 N–H and O–H groups in total. The van der Waals surface area contributed by atoms with Crippen LogP contribution in [0.15, 0.2) is 30.9 Å². The van der Waals surface area contributed by atoms with Crippen LogP contribution in [-0.2, 0) is 19.6 Å². The zero-order chi connectivity index (χ0) is 21.5. The number of anilines is 1. The summed E-state index contributed by atoms with van der Waals surface area (Å²) >= 11 is 0. The minimum atomic E-state index is -1.07. The summed E-state index contributed by atoms with van der Waals surface area (Å²) in [7, 11) is 0. The molecule has 1 saturated heterocycles. The van der Waals surface area contributed by atoms with Gasteiger partial charge in [-0.15, -0.1) is 0 Å². The smallest absolute Gasteiger partial charge is 0.316 e. The average molecular weight is 415 g/mol. The zero-order valence-electron chi connectivity index (χ0n) is 16.9. The van der Waals surface area contributed by atoms with Crippen LogP contribution < -0.4 is 4.90 Å². The molecule has 1 unspecified atom stereocenters. The van der Waals surface area contributed by atoms with Gasteiger partial charge in [-0.3, -0.25) is 9.80 Å². The standard InChI is InChI=1S/C21H26FN5O3/c1-3-21(2,30)27-9-7-26(8-10-27)19-15-12-25(13-17(15)23-20(29)24-19)11-14-16(22)5-4-6-18(14)28/h3-6,28,30H,1,7-13H2,2H3,(H,23,24,29). The number of aliphatic hydroxyl groups is 1. The average Bonchev–Trinajstić information content (AvgIpc) is 3.12. The van der Waals surface area contributed by atoms with Crippen LogP contribution in [0.1, 0.15) is 23.7 Å². The molecule has 1 fully saturated rings. The molecule has 1 atom stereocenters. The maximum absolute atomic E-state index is 14.1. The maximum atomic E-state index is 14.1. The van der Waals surface area contributed by atoms with Crippen molar-refractivity contribution >= 4 is 5.82 Å². The highest BCUT2D eigenvalue weighted by Crippen LogP contribution is 2.34. The number of hydrogen-bond acceptors (Lipinski definition) is 8. The maximum Gasteiger partial charge on any atom is 0.316 e.